The Labute approximate surface area is 88.3 Å². The van der Waals surface area contributed by atoms with E-state index in [0.29, 0.717) is 25.1 Å². The van der Waals surface area contributed by atoms with Crippen LogP contribution in [0, 0.1) is 6.92 Å². The summed E-state index contributed by atoms with van der Waals surface area (Å²) >= 11 is 0. The summed E-state index contributed by atoms with van der Waals surface area (Å²) in [7, 11) is 1.79. The number of β-amino-alcohol motifs (C(OH)–C–C–N with tert-alkyl or cyclic N) is 1. The van der Waals surface area contributed by atoms with Gasteiger partial charge in [0.15, 0.2) is 0 Å². The van der Waals surface area contributed by atoms with Gasteiger partial charge >= 0.3 is 0 Å². The molecular weight excluding hydrogens is 194 g/mol. The molecule has 0 spiro atoms. The first-order valence-corrected chi connectivity index (χ1v) is 5.05. The molecule has 1 N–H and O–H groups in total. The fourth-order valence-corrected chi connectivity index (χ4v) is 1.91. The highest BCUT2D eigenvalue weighted by Crippen LogP contribution is 2.15. The van der Waals surface area contributed by atoms with E-state index in [-0.39, 0.29) is 12.0 Å². The van der Waals surface area contributed by atoms with Gasteiger partial charge in [-0.05, 0) is 13.3 Å². The molecule has 15 heavy (non-hydrogen) atoms. The molecule has 5 nitrogen and oxygen atoms in total. The first-order valence-electron chi connectivity index (χ1n) is 5.05. The maximum absolute atomic E-state index is 12.0. The standard InChI is InChI=1S/C10H15N3O2/c1-7-9(6-12(2)11-7)10(15)13-4-3-8(14)5-13/h6,8,14H,3-5H2,1-2H3/t8-/m1/s1. The van der Waals surface area contributed by atoms with Gasteiger partial charge in [0.25, 0.3) is 5.91 Å². The molecule has 0 unspecified atom stereocenters. The van der Waals surface area contributed by atoms with Crippen molar-refractivity contribution in [3.8, 4) is 0 Å². The number of aliphatic hydroxyl groups excluding tert-OH is 1. The van der Waals surface area contributed by atoms with Crippen LogP contribution >= 0.6 is 0 Å². The van der Waals surface area contributed by atoms with Gasteiger partial charge in [-0.2, -0.15) is 5.10 Å². The molecule has 5 heteroatoms. The summed E-state index contributed by atoms with van der Waals surface area (Å²) in [6, 6.07) is 0. The Morgan fingerprint density at radius 3 is 2.87 bits per heavy atom. The number of hydrogen-bond acceptors (Lipinski definition) is 3. The Kier molecular flexibility index (Phi) is 2.48. The highest BCUT2D eigenvalue weighted by molar-refractivity contribution is 5.95. The van der Waals surface area contributed by atoms with Crippen molar-refractivity contribution in [3.63, 3.8) is 0 Å². The number of likely N-dealkylation sites (tertiary alicyclic amines) is 1. The van der Waals surface area contributed by atoms with Crippen LogP contribution in [0.5, 0.6) is 0 Å². The van der Waals surface area contributed by atoms with E-state index in [0.717, 1.165) is 5.69 Å². The molecule has 0 bridgehead atoms. The number of aryl methyl sites for hydroxylation is 2. The smallest absolute Gasteiger partial charge is 0.257 e. The summed E-state index contributed by atoms with van der Waals surface area (Å²) in [5.41, 5.74) is 1.37. The molecule has 82 valence electrons. The second kappa shape index (κ2) is 3.66. The number of carbonyl (C=O) groups is 1. The zero-order valence-corrected chi connectivity index (χ0v) is 8.97. The summed E-state index contributed by atoms with van der Waals surface area (Å²) in [6.45, 7) is 2.89. The van der Waals surface area contributed by atoms with Crippen LogP contribution in [0.1, 0.15) is 22.5 Å². The van der Waals surface area contributed by atoms with Gasteiger partial charge in [-0.1, -0.05) is 0 Å². The maximum atomic E-state index is 12.0. The van der Waals surface area contributed by atoms with Gasteiger partial charge in [0.05, 0.1) is 17.4 Å². The summed E-state index contributed by atoms with van der Waals surface area (Å²) in [5, 5.41) is 13.5. The van der Waals surface area contributed by atoms with E-state index in [1.165, 1.54) is 0 Å². The van der Waals surface area contributed by atoms with Gasteiger partial charge in [0.1, 0.15) is 0 Å². The fraction of sp³-hybridized carbons (Fsp3) is 0.600. The molecular formula is C10H15N3O2. The van der Waals surface area contributed by atoms with Crippen LogP contribution < -0.4 is 0 Å². The lowest BCUT2D eigenvalue weighted by atomic mass is 10.2. The van der Waals surface area contributed by atoms with E-state index in [1.807, 2.05) is 6.92 Å². The Morgan fingerprint density at radius 2 is 2.40 bits per heavy atom. The molecule has 1 aromatic rings. The van der Waals surface area contributed by atoms with Gasteiger partial charge in [-0.15, -0.1) is 0 Å². The van der Waals surface area contributed by atoms with Crippen LogP contribution in [0.4, 0.5) is 0 Å². The molecule has 0 saturated carbocycles. The Bertz CT molecular complexity index is 386. The normalized spacial score (nSPS) is 21.0. The number of rotatable bonds is 1. The minimum absolute atomic E-state index is 0.0304. The van der Waals surface area contributed by atoms with E-state index in [1.54, 1.807) is 22.8 Å². The van der Waals surface area contributed by atoms with Crippen molar-refractivity contribution in [2.75, 3.05) is 13.1 Å². The van der Waals surface area contributed by atoms with E-state index in [2.05, 4.69) is 5.10 Å². The molecule has 1 fully saturated rings. The van der Waals surface area contributed by atoms with Crippen LogP contribution in [-0.2, 0) is 7.05 Å². The lowest BCUT2D eigenvalue weighted by Crippen LogP contribution is -2.29. The Hall–Kier alpha value is -1.36. The van der Waals surface area contributed by atoms with E-state index in [9.17, 15) is 9.90 Å². The van der Waals surface area contributed by atoms with Crippen LogP contribution in [-0.4, -0.2) is 44.9 Å². The number of amides is 1. The fourth-order valence-electron chi connectivity index (χ4n) is 1.91. The zero-order valence-electron chi connectivity index (χ0n) is 8.97. The van der Waals surface area contributed by atoms with Crippen LogP contribution in [0.15, 0.2) is 6.20 Å². The molecule has 2 rings (SSSR count). The largest absolute Gasteiger partial charge is 0.391 e. The minimum Gasteiger partial charge on any atom is -0.391 e. The quantitative estimate of drug-likeness (QED) is 0.704. The average molecular weight is 209 g/mol. The molecule has 1 aliphatic heterocycles. The monoisotopic (exact) mass is 209 g/mol. The molecule has 1 saturated heterocycles. The predicted molar refractivity (Wildman–Crippen MR) is 54.5 cm³/mol. The van der Waals surface area contributed by atoms with Crippen LogP contribution in [0.25, 0.3) is 0 Å². The highest BCUT2D eigenvalue weighted by atomic mass is 16.3. The van der Waals surface area contributed by atoms with Gasteiger partial charge in [-0.3, -0.25) is 9.48 Å². The van der Waals surface area contributed by atoms with Crippen LogP contribution in [0.3, 0.4) is 0 Å². The number of nitrogens with zero attached hydrogens (tertiary/aromatic N) is 3. The molecule has 0 aromatic carbocycles. The molecule has 1 aromatic heterocycles. The third-order valence-corrected chi connectivity index (χ3v) is 2.69. The molecule has 0 radical (unpaired) electrons. The molecule has 1 atom stereocenters. The third kappa shape index (κ3) is 1.87. The molecule has 0 aliphatic carbocycles. The second-order valence-electron chi connectivity index (χ2n) is 4.00. The summed E-state index contributed by atoms with van der Waals surface area (Å²) in [5.74, 6) is -0.0304. The summed E-state index contributed by atoms with van der Waals surface area (Å²) in [4.78, 5) is 13.7. The van der Waals surface area contributed by atoms with E-state index >= 15 is 0 Å². The molecule has 1 aliphatic rings. The minimum atomic E-state index is -0.370. The summed E-state index contributed by atoms with van der Waals surface area (Å²) in [6.07, 6.45) is 2.03. The maximum Gasteiger partial charge on any atom is 0.257 e. The number of aromatic nitrogens is 2. The average Bonchev–Trinajstić information content (AvgIpc) is 2.71. The zero-order chi connectivity index (χ0) is 11.0. The lowest BCUT2D eigenvalue weighted by molar-refractivity contribution is 0.0764. The SMILES string of the molecule is Cc1nn(C)cc1C(=O)N1CC[C@@H](O)C1. The van der Waals surface area contributed by atoms with Crippen molar-refractivity contribution in [2.45, 2.75) is 19.4 Å². The predicted octanol–water partition coefficient (Wildman–Crippen LogP) is -0.0647. The molecule has 2 heterocycles. The van der Waals surface area contributed by atoms with E-state index in [4.69, 9.17) is 0 Å². The first kappa shape index (κ1) is 10.2. The third-order valence-electron chi connectivity index (χ3n) is 2.69. The van der Waals surface area contributed by atoms with Crippen molar-refractivity contribution in [3.05, 3.63) is 17.5 Å². The number of hydrogen-bond donors (Lipinski definition) is 1. The summed E-state index contributed by atoms with van der Waals surface area (Å²) < 4.78 is 1.63. The Balaban J connectivity index is 2.17. The van der Waals surface area contributed by atoms with Gasteiger partial charge in [0, 0.05) is 26.3 Å². The molecule has 1 amide bonds. The first-order chi connectivity index (χ1) is 7.08. The highest BCUT2D eigenvalue weighted by Gasteiger charge is 2.27. The van der Waals surface area contributed by atoms with Crippen molar-refractivity contribution in [1.82, 2.24) is 14.7 Å². The topological polar surface area (TPSA) is 58.4 Å². The lowest BCUT2D eigenvalue weighted by Gasteiger charge is -2.14. The van der Waals surface area contributed by atoms with Gasteiger partial charge < -0.3 is 10.0 Å². The van der Waals surface area contributed by atoms with Crippen LogP contribution in [0.2, 0.25) is 0 Å². The van der Waals surface area contributed by atoms with Gasteiger partial charge in [0.2, 0.25) is 0 Å². The van der Waals surface area contributed by atoms with Crippen molar-refractivity contribution in [2.24, 2.45) is 7.05 Å². The number of carbonyl (C=O) groups excluding carboxylic acids is 1. The van der Waals surface area contributed by atoms with Crippen molar-refractivity contribution >= 4 is 5.91 Å². The number of aliphatic hydroxyl groups is 1. The van der Waals surface area contributed by atoms with E-state index < -0.39 is 0 Å². The van der Waals surface area contributed by atoms with Gasteiger partial charge in [-0.25, -0.2) is 0 Å². The Morgan fingerprint density at radius 1 is 1.67 bits per heavy atom. The van der Waals surface area contributed by atoms with Crippen molar-refractivity contribution < 1.29 is 9.90 Å². The second-order valence-corrected chi connectivity index (χ2v) is 4.00. The van der Waals surface area contributed by atoms with Crippen molar-refractivity contribution in [1.29, 1.82) is 0 Å².